The summed E-state index contributed by atoms with van der Waals surface area (Å²) in [7, 11) is 0. The van der Waals surface area contributed by atoms with Gasteiger partial charge < -0.3 is 22.9 Å². The van der Waals surface area contributed by atoms with Crippen molar-refractivity contribution in [1.82, 2.24) is 9.13 Å². The van der Waals surface area contributed by atoms with Crippen molar-refractivity contribution in [2.24, 2.45) is 0 Å². The van der Waals surface area contributed by atoms with Crippen molar-refractivity contribution >= 4 is 128 Å². The Hall–Kier alpha value is -10.3. The maximum atomic E-state index is 7.37. The summed E-state index contributed by atoms with van der Waals surface area (Å²) in [4.78, 5) is 2.56. The van der Waals surface area contributed by atoms with Crippen LogP contribution in [0.1, 0.15) is 0 Å². The van der Waals surface area contributed by atoms with Gasteiger partial charge in [-0.1, -0.05) is 194 Å². The van der Waals surface area contributed by atoms with Crippen LogP contribution in [0.5, 0.6) is 0 Å². The van der Waals surface area contributed by atoms with Gasteiger partial charge in [-0.05, 0) is 105 Å². The van der Waals surface area contributed by atoms with Crippen molar-refractivity contribution in [2.45, 2.75) is 0 Å². The van der Waals surface area contributed by atoms with Gasteiger partial charge in [-0.15, -0.1) is 0 Å². The first-order chi connectivity index (χ1) is 38.7. The smallest absolute Gasteiger partial charge is 0.253 e. The Morgan fingerprint density at radius 1 is 0.308 bits per heavy atom. The van der Waals surface area contributed by atoms with Crippen LogP contribution in [-0.2, 0) is 0 Å². The van der Waals surface area contributed by atoms with Crippen molar-refractivity contribution in [1.29, 1.82) is 0 Å². The molecule has 78 heavy (non-hydrogen) atoms. The fraction of sp³-hybridized carbons (Fsp3) is 0. The molecule has 0 radical (unpaired) electrons. The minimum atomic E-state index is -0.258. The molecule has 2 aliphatic heterocycles. The molecular weight excluding hydrogens is 950 g/mol. The molecule has 2 aliphatic rings. The number of nitrogens with zero attached hydrogens (tertiary/aromatic N) is 3. The zero-order valence-corrected chi connectivity index (χ0v) is 42.0. The van der Waals surface area contributed by atoms with Crippen molar-refractivity contribution in [3.05, 3.63) is 255 Å². The Morgan fingerprint density at radius 2 is 0.846 bits per heavy atom. The third-order valence-corrected chi connectivity index (χ3v) is 17.1. The van der Waals surface area contributed by atoms with E-state index in [1.807, 2.05) is 0 Å². The monoisotopic (exact) mass is 991 g/mol. The molecule has 0 saturated heterocycles. The molecule has 0 amide bonds. The normalized spacial score (nSPS) is 12.8. The fourth-order valence-corrected chi connectivity index (χ4v) is 13.9. The first-order valence-corrected chi connectivity index (χ1v) is 26.9. The van der Waals surface area contributed by atoms with E-state index in [4.69, 9.17) is 8.83 Å². The lowest BCUT2D eigenvalue weighted by Crippen LogP contribution is -2.61. The average Bonchev–Trinajstić information content (AvgIpc) is 4.43. The highest BCUT2D eigenvalue weighted by molar-refractivity contribution is 7.01. The SMILES string of the molecule is c1ccc(-c2ccc3c4ccc(-c5ccccc5)c5c4n(c3c2)-c2c3c(cc4c2oc2ccccc24)N(c2c(-c4ccccc4)ccc4c2oc2ccccc24)c2ccc(-n4c6ccccc6c6ccccc64)cc2B35)cc1. The molecule has 18 rings (SSSR count). The van der Waals surface area contributed by atoms with E-state index in [2.05, 4.69) is 269 Å². The Balaban J connectivity index is 1.07. The van der Waals surface area contributed by atoms with Crippen LogP contribution in [-0.4, -0.2) is 15.8 Å². The van der Waals surface area contributed by atoms with Gasteiger partial charge in [-0.25, -0.2) is 0 Å². The first-order valence-electron chi connectivity index (χ1n) is 26.9. The predicted octanol–water partition coefficient (Wildman–Crippen LogP) is 17.3. The number of fused-ring (bicyclic) bond motifs is 17. The molecule has 0 aliphatic carbocycles. The third-order valence-electron chi connectivity index (χ3n) is 17.1. The molecule has 0 bridgehead atoms. The van der Waals surface area contributed by atoms with E-state index in [0.29, 0.717) is 0 Å². The van der Waals surface area contributed by atoms with Gasteiger partial charge in [0.05, 0.1) is 33.4 Å². The van der Waals surface area contributed by atoms with E-state index < -0.39 is 0 Å². The number of hydrogen-bond donors (Lipinski definition) is 0. The molecule has 0 saturated carbocycles. The fourth-order valence-electron chi connectivity index (χ4n) is 13.9. The molecule has 4 aromatic heterocycles. The summed E-state index contributed by atoms with van der Waals surface area (Å²) in [5.74, 6) is 0. The Labute approximate surface area is 447 Å². The lowest BCUT2D eigenvalue weighted by atomic mass is 9.33. The molecule has 0 fully saturated rings. The van der Waals surface area contributed by atoms with E-state index in [1.54, 1.807) is 0 Å². The summed E-state index contributed by atoms with van der Waals surface area (Å²) in [6, 6.07) is 93.3. The highest BCUT2D eigenvalue weighted by Crippen LogP contribution is 2.52. The average molecular weight is 992 g/mol. The Kier molecular flexibility index (Phi) is 8.42. The molecule has 6 heteroatoms. The maximum absolute atomic E-state index is 7.37. The summed E-state index contributed by atoms with van der Waals surface area (Å²) < 4.78 is 19.7. The molecule has 360 valence electrons. The second-order valence-electron chi connectivity index (χ2n) is 21.0. The number of para-hydroxylation sites is 4. The lowest BCUT2D eigenvalue weighted by Gasteiger charge is -2.41. The summed E-state index contributed by atoms with van der Waals surface area (Å²) in [6.45, 7) is -0.258. The van der Waals surface area contributed by atoms with E-state index in [1.165, 1.54) is 71.2 Å². The highest BCUT2D eigenvalue weighted by atomic mass is 16.3. The number of benzene rings is 12. The molecule has 0 unspecified atom stereocenters. The molecule has 0 N–H and O–H groups in total. The van der Waals surface area contributed by atoms with Crippen LogP contribution in [0, 0.1) is 0 Å². The summed E-state index contributed by atoms with van der Waals surface area (Å²) in [5.41, 5.74) is 23.9. The summed E-state index contributed by atoms with van der Waals surface area (Å²) in [5, 5.41) is 9.14. The van der Waals surface area contributed by atoms with Crippen molar-refractivity contribution in [3.8, 4) is 44.8 Å². The number of aromatic nitrogens is 2. The van der Waals surface area contributed by atoms with Crippen molar-refractivity contribution in [2.75, 3.05) is 4.90 Å². The van der Waals surface area contributed by atoms with Crippen LogP contribution in [0.3, 0.4) is 0 Å². The van der Waals surface area contributed by atoms with Gasteiger partial charge in [0.25, 0.3) is 6.71 Å². The van der Waals surface area contributed by atoms with Gasteiger partial charge in [0.15, 0.2) is 11.2 Å². The van der Waals surface area contributed by atoms with Crippen LogP contribution in [0.25, 0.3) is 132 Å². The zero-order chi connectivity index (χ0) is 50.7. The standard InChI is InChI=1S/C72H42BN3O2/c1-4-18-43(19-5-1)46-32-34-52-55-37-35-48(44-20-6-2-7-21-44)66-68(55)76(62(52)40-46)70-67-63(42-57-54-27-13-17-31-65(54)78-72(57)70)75(69-49(45-22-8-3-9-23-45)36-38-56-53-26-12-16-30-64(53)77-71(56)69)61-39-33-47(41-58(61)73(66)67)74-59-28-14-10-24-50(59)51-25-11-15-29-60(51)74/h1-42H. The molecule has 0 atom stereocenters. The Bertz CT molecular complexity index is 5170. The molecule has 12 aromatic carbocycles. The van der Waals surface area contributed by atoms with Gasteiger partial charge in [0.1, 0.15) is 11.2 Å². The number of furan rings is 2. The summed E-state index contributed by atoms with van der Waals surface area (Å²) >= 11 is 0. The number of hydrogen-bond acceptors (Lipinski definition) is 3. The van der Waals surface area contributed by atoms with Crippen LogP contribution < -0.4 is 21.3 Å². The molecule has 0 spiro atoms. The second kappa shape index (κ2) is 15.6. The van der Waals surface area contributed by atoms with Gasteiger partial charge >= 0.3 is 0 Å². The van der Waals surface area contributed by atoms with Crippen LogP contribution >= 0.6 is 0 Å². The van der Waals surface area contributed by atoms with E-state index in [-0.39, 0.29) is 6.71 Å². The minimum Gasteiger partial charge on any atom is -0.454 e. The maximum Gasteiger partial charge on any atom is 0.253 e. The minimum absolute atomic E-state index is 0.258. The quantitative estimate of drug-likeness (QED) is 0.161. The van der Waals surface area contributed by atoms with Gasteiger partial charge in [0, 0.05) is 65.7 Å². The van der Waals surface area contributed by atoms with Crippen molar-refractivity contribution < 1.29 is 8.83 Å². The number of anilines is 3. The largest absolute Gasteiger partial charge is 0.454 e. The van der Waals surface area contributed by atoms with Crippen molar-refractivity contribution in [3.63, 3.8) is 0 Å². The van der Waals surface area contributed by atoms with Crippen LogP contribution in [0.15, 0.2) is 264 Å². The van der Waals surface area contributed by atoms with E-state index >= 15 is 0 Å². The third kappa shape index (κ3) is 5.60. The topological polar surface area (TPSA) is 39.4 Å². The summed E-state index contributed by atoms with van der Waals surface area (Å²) in [6.07, 6.45) is 0. The highest BCUT2D eigenvalue weighted by Gasteiger charge is 2.46. The first kappa shape index (κ1) is 42.0. The Morgan fingerprint density at radius 3 is 1.54 bits per heavy atom. The molecular formula is C72H42BN3O2. The van der Waals surface area contributed by atoms with E-state index in [0.717, 1.165) is 94.5 Å². The number of rotatable bonds is 5. The second-order valence-corrected chi connectivity index (χ2v) is 21.0. The molecule has 16 aromatic rings. The zero-order valence-electron chi connectivity index (χ0n) is 42.0. The predicted molar refractivity (Wildman–Crippen MR) is 325 cm³/mol. The van der Waals surface area contributed by atoms with Gasteiger partial charge in [0.2, 0.25) is 0 Å². The van der Waals surface area contributed by atoms with Gasteiger partial charge in [-0.3, -0.25) is 0 Å². The lowest BCUT2D eigenvalue weighted by molar-refractivity contribution is 0.666. The molecule has 5 nitrogen and oxygen atoms in total. The van der Waals surface area contributed by atoms with Crippen LogP contribution in [0.2, 0.25) is 0 Å². The van der Waals surface area contributed by atoms with Crippen LogP contribution in [0.4, 0.5) is 17.1 Å². The van der Waals surface area contributed by atoms with E-state index in [9.17, 15) is 0 Å². The van der Waals surface area contributed by atoms with Gasteiger partial charge in [-0.2, -0.15) is 0 Å². The molecule has 6 heterocycles.